The second kappa shape index (κ2) is 6.03. The topological polar surface area (TPSA) is 86.2 Å². The number of aromatic hydroxyl groups is 1. The van der Waals surface area contributed by atoms with Crippen LogP contribution in [-0.2, 0) is 13.0 Å². The molecular weight excluding hydrogens is 232 g/mol. The normalized spacial score (nSPS) is 10.1. The molecule has 0 atom stereocenters. The standard InChI is InChI=1S/C13H16N2O3/c1-3-5-10-9(2)11(8-14)13(18)15(12(10)17)6-4-7-16/h3,16-17H,1,4-7H2,2H3. The summed E-state index contributed by atoms with van der Waals surface area (Å²) in [4.78, 5) is 12.0. The quantitative estimate of drug-likeness (QED) is 0.756. The maximum absolute atomic E-state index is 12.0. The fourth-order valence-corrected chi connectivity index (χ4v) is 1.83. The summed E-state index contributed by atoms with van der Waals surface area (Å²) in [6, 6.07) is 1.87. The van der Waals surface area contributed by atoms with Crippen molar-refractivity contribution < 1.29 is 10.2 Å². The van der Waals surface area contributed by atoms with Crippen LogP contribution in [-0.4, -0.2) is 21.4 Å². The Labute approximate surface area is 105 Å². The summed E-state index contributed by atoms with van der Waals surface area (Å²) in [5, 5.41) is 27.8. The van der Waals surface area contributed by atoms with E-state index in [4.69, 9.17) is 10.4 Å². The molecule has 0 bridgehead atoms. The van der Waals surface area contributed by atoms with Crippen molar-refractivity contribution in [3.8, 4) is 11.9 Å². The molecule has 0 unspecified atom stereocenters. The molecule has 1 heterocycles. The molecule has 1 aromatic rings. The van der Waals surface area contributed by atoms with Crippen LogP contribution in [0.2, 0.25) is 0 Å². The van der Waals surface area contributed by atoms with Crippen molar-refractivity contribution in [1.29, 1.82) is 5.26 Å². The minimum Gasteiger partial charge on any atom is -0.494 e. The predicted molar refractivity (Wildman–Crippen MR) is 67.4 cm³/mol. The van der Waals surface area contributed by atoms with E-state index in [0.717, 1.165) is 4.57 Å². The van der Waals surface area contributed by atoms with Gasteiger partial charge < -0.3 is 10.2 Å². The molecule has 0 aliphatic carbocycles. The largest absolute Gasteiger partial charge is 0.494 e. The Hall–Kier alpha value is -2.06. The summed E-state index contributed by atoms with van der Waals surface area (Å²) in [6.07, 6.45) is 2.32. The van der Waals surface area contributed by atoms with Gasteiger partial charge in [0.15, 0.2) is 5.88 Å². The fourth-order valence-electron chi connectivity index (χ4n) is 1.83. The highest BCUT2D eigenvalue weighted by molar-refractivity contribution is 5.46. The van der Waals surface area contributed by atoms with Gasteiger partial charge in [0.2, 0.25) is 0 Å². The summed E-state index contributed by atoms with van der Waals surface area (Å²) in [6.45, 7) is 5.32. The molecule has 0 saturated heterocycles. The van der Waals surface area contributed by atoms with Crippen molar-refractivity contribution in [2.75, 3.05) is 6.61 Å². The van der Waals surface area contributed by atoms with Crippen molar-refractivity contribution in [3.63, 3.8) is 0 Å². The van der Waals surface area contributed by atoms with Crippen molar-refractivity contribution in [2.24, 2.45) is 0 Å². The number of nitriles is 1. The molecule has 96 valence electrons. The first-order chi connectivity index (χ1) is 8.58. The Kier molecular flexibility index (Phi) is 4.69. The summed E-state index contributed by atoms with van der Waals surface area (Å²) in [5.41, 5.74) is 0.524. The lowest BCUT2D eigenvalue weighted by Gasteiger charge is -2.14. The van der Waals surface area contributed by atoms with E-state index in [1.54, 1.807) is 13.0 Å². The highest BCUT2D eigenvalue weighted by atomic mass is 16.3. The molecular formula is C13H16N2O3. The summed E-state index contributed by atoms with van der Waals surface area (Å²) >= 11 is 0. The zero-order valence-corrected chi connectivity index (χ0v) is 10.3. The third-order valence-corrected chi connectivity index (χ3v) is 2.81. The van der Waals surface area contributed by atoms with Gasteiger partial charge in [0.05, 0.1) is 0 Å². The molecule has 0 aliphatic rings. The number of aromatic nitrogens is 1. The summed E-state index contributed by atoms with van der Waals surface area (Å²) in [5.74, 6) is -0.148. The molecule has 0 spiro atoms. The lowest BCUT2D eigenvalue weighted by molar-refractivity contribution is 0.274. The molecule has 1 rings (SSSR count). The molecule has 5 heteroatoms. The van der Waals surface area contributed by atoms with Gasteiger partial charge in [-0.3, -0.25) is 9.36 Å². The van der Waals surface area contributed by atoms with Gasteiger partial charge in [0, 0.05) is 18.7 Å². The van der Waals surface area contributed by atoms with Crippen LogP contribution < -0.4 is 5.56 Å². The lowest BCUT2D eigenvalue weighted by Crippen LogP contribution is -2.25. The van der Waals surface area contributed by atoms with Gasteiger partial charge in [-0.15, -0.1) is 6.58 Å². The first kappa shape index (κ1) is 14.0. The molecule has 0 aliphatic heterocycles. The van der Waals surface area contributed by atoms with Crippen LogP contribution in [0.15, 0.2) is 17.4 Å². The SMILES string of the molecule is C=CCc1c(C)c(C#N)c(=O)n(CCCO)c1O. The minimum absolute atomic E-state index is 0.0302. The highest BCUT2D eigenvalue weighted by Gasteiger charge is 2.17. The number of aliphatic hydroxyl groups is 1. The van der Waals surface area contributed by atoms with Crippen molar-refractivity contribution >= 4 is 0 Å². The number of pyridine rings is 1. The van der Waals surface area contributed by atoms with Gasteiger partial charge in [-0.2, -0.15) is 5.26 Å². The van der Waals surface area contributed by atoms with Crippen LogP contribution in [0.5, 0.6) is 5.88 Å². The van der Waals surface area contributed by atoms with E-state index in [2.05, 4.69) is 6.58 Å². The Morgan fingerprint density at radius 3 is 2.72 bits per heavy atom. The van der Waals surface area contributed by atoms with E-state index in [1.807, 2.05) is 6.07 Å². The molecule has 0 radical (unpaired) electrons. The minimum atomic E-state index is -0.520. The van der Waals surface area contributed by atoms with Crippen LogP contribution in [0.25, 0.3) is 0 Å². The predicted octanol–water partition coefficient (Wildman–Crippen LogP) is 0.845. The Morgan fingerprint density at radius 1 is 1.56 bits per heavy atom. The van der Waals surface area contributed by atoms with Crippen molar-refractivity contribution in [1.82, 2.24) is 4.57 Å². The van der Waals surface area contributed by atoms with Crippen molar-refractivity contribution in [3.05, 3.63) is 39.7 Å². The maximum atomic E-state index is 12.0. The smallest absolute Gasteiger partial charge is 0.271 e. The van der Waals surface area contributed by atoms with Gasteiger partial charge in [0.25, 0.3) is 5.56 Å². The zero-order valence-electron chi connectivity index (χ0n) is 10.3. The van der Waals surface area contributed by atoms with E-state index in [-0.39, 0.29) is 24.6 Å². The average molecular weight is 248 g/mol. The van der Waals surface area contributed by atoms with E-state index in [0.29, 0.717) is 24.0 Å². The molecule has 0 saturated carbocycles. The molecule has 2 N–H and O–H groups in total. The highest BCUT2D eigenvalue weighted by Crippen LogP contribution is 2.22. The third kappa shape index (κ3) is 2.44. The molecule has 0 aromatic carbocycles. The second-order valence-corrected chi connectivity index (χ2v) is 3.94. The third-order valence-electron chi connectivity index (χ3n) is 2.81. The van der Waals surface area contributed by atoms with Crippen LogP contribution in [0, 0.1) is 18.3 Å². The second-order valence-electron chi connectivity index (χ2n) is 3.94. The molecule has 0 fully saturated rings. The van der Waals surface area contributed by atoms with E-state index >= 15 is 0 Å². The van der Waals surface area contributed by atoms with Gasteiger partial charge in [0.1, 0.15) is 11.6 Å². The summed E-state index contributed by atoms with van der Waals surface area (Å²) in [7, 11) is 0. The van der Waals surface area contributed by atoms with E-state index < -0.39 is 5.56 Å². The first-order valence-corrected chi connectivity index (χ1v) is 5.65. The molecule has 1 aromatic heterocycles. The van der Waals surface area contributed by atoms with Gasteiger partial charge in [-0.05, 0) is 25.3 Å². The van der Waals surface area contributed by atoms with E-state index in [9.17, 15) is 9.90 Å². The van der Waals surface area contributed by atoms with Gasteiger partial charge in [-0.1, -0.05) is 6.08 Å². The van der Waals surface area contributed by atoms with Crippen LogP contribution >= 0.6 is 0 Å². The first-order valence-electron chi connectivity index (χ1n) is 5.65. The monoisotopic (exact) mass is 248 g/mol. The van der Waals surface area contributed by atoms with Crippen LogP contribution in [0.1, 0.15) is 23.1 Å². The Bertz CT molecular complexity index is 553. The number of hydrogen-bond donors (Lipinski definition) is 2. The average Bonchev–Trinajstić information content (AvgIpc) is 2.35. The van der Waals surface area contributed by atoms with E-state index in [1.165, 1.54) is 0 Å². The van der Waals surface area contributed by atoms with Gasteiger partial charge in [-0.25, -0.2) is 0 Å². The molecule has 5 nitrogen and oxygen atoms in total. The number of hydrogen-bond acceptors (Lipinski definition) is 4. The zero-order chi connectivity index (χ0) is 13.7. The van der Waals surface area contributed by atoms with Gasteiger partial charge >= 0.3 is 0 Å². The van der Waals surface area contributed by atoms with Crippen LogP contribution in [0.4, 0.5) is 0 Å². The number of allylic oxidation sites excluding steroid dienone is 1. The number of aliphatic hydroxyl groups excluding tert-OH is 1. The lowest BCUT2D eigenvalue weighted by atomic mass is 10.0. The fraction of sp³-hybridized carbons (Fsp3) is 0.385. The Balaban J connectivity index is 3.51. The summed E-state index contributed by atoms with van der Waals surface area (Å²) < 4.78 is 1.13. The molecule has 18 heavy (non-hydrogen) atoms. The maximum Gasteiger partial charge on any atom is 0.271 e. The number of nitrogens with zero attached hydrogens (tertiary/aromatic N) is 2. The molecule has 0 amide bonds. The van der Waals surface area contributed by atoms with Crippen molar-refractivity contribution in [2.45, 2.75) is 26.3 Å². The van der Waals surface area contributed by atoms with Crippen LogP contribution in [0.3, 0.4) is 0 Å². The Morgan fingerprint density at radius 2 is 2.22 bits per heavy atom. The number of rotatable bonds is 5.